The highest BCUT2D eigenvalue weighted by atomic mass is 32.2. The number of hydrogen-bond acceptors (Lipinski definition) is 5. The Balaban J connectivity index is 2.47. The molecule has 1 heterocycles. The zero-order valence-corrected chi connectivity index (χ0v) is 12.2. The Morgan fingerprint density at radius 3 is 2.48 bits per heavy atom. The van der Waals surface area contributed by atoms with Crippen molar-refractivity contribution in [1.82, 2.24) is 9.97 Å². The van der Waals surface area contributed by atoms with E-state index < -0.39 is 12.4 Å². The summed E-state index contributed by atoms with van der Waals surface area (Å²) in [6, 6.07) is 6.14. The highest BCUT2D eigenvalue weighted by molar-refractivity contribution is 7.98. The quantitative estimate of drug-likeness (QED) is 0.491. The normalized spacial score (nSPS) is 10.7. The molecule has 0 radical (unpaired) electrons. The van der Waals surface area contributed by atoms with Crippen LogP contribution in [0.4, 0.5) is 8.78 Å². The van der Waals surface area contributed by atoms with E-state index in [9.17, 15) is 13.6 Å². The molecule has 2 rings (SSSR count). The largest absolute Gasteiger partial charge is 0.465 e. The van der Waals surface area contributed by atoms with Crippen molar-refractivity contribution in [3.63, 3.8) is 0 Å². The molecule has 0 saturated carbocycles. The Bertz CT molecular complexity index is 648. The molecule has 0 amide bonds. The second-order valence-corrected chi connectivity index (χ2v) is 4.80. The van der Waals surface area contributed by atoms with Crippen molar-refractivity contribution >= 4 is 17.7 Å². The van der Waals surface area contributed by atoms with Gasteiger partial charge >= 0.3 is 5.97 Å². The Labute approximate surface area is 124 Å². The third-order valence-electron chi connectivity index (χ3n) is 2.79. The summed E-state index contributed by atoms with van der Waals surface area (Å²) in [5.74, 6) is -0.483. The fourth-order valence-corrected chi connectivity index (χ4v) is 2.09. The lowest BCUT2D eigenvalue weighted by Gasteiger charge is -2.09. The summed E-state index contributed by atoms with van der Waals surface area (Å²) < 4.78 is 30.7. The first kappa shape index (κ1) is 15.4. The first-order valence-electron chi connectivity index (χ1n) is 5.94. The third kappa shape index (κ3) is 3.36. The molecule has 21 heavy (non-hydrogen) atoms. The minimum Gasteiger partial charge on any atom is -0.465 e. The highest BCUT2D eigenvalue weighted by Gasteiger charge is 2.17. The van der Waals surface area contributed by atoms with Crippen LogP contribution in [0, 0.1) is 0 Å². The van der Waals surface area contributed by atoms with Gasteiger partial charge in [0.15, 0.2) is 5.16 Å². The van der Waals surface area contributed by atoms with E-state index in [-0.39, 0.29) is 11.3 Å². The molecule has 7 heteroatoms. The van der Waals surface area contributed by atoms with E-state index in [0.717, 1.165) is 6.20 Å². The summed E-state index contributed by atoms with van der Waals surface area (Å²) in [7, 11) is 1.28. The van der Waals surface area contributed by atoms with Crippen molar-refractivity contribution in [2.45, 2.75) is 11.6 Å². The van der Waals surface area contributed by atoms with Gasteiger partial charge in [-0.15, -0.1) is 0 Å². The minimum absolute atomic E-state index is 0.167. The van der Waals surface area contributed by atoms with Crippen molar-refractivity contribution in [3.8, 4) is 11.3 Å². The summed E-state index contributed by atoms with van der Waals surface area (Å²) in [6.07, 6.45) is 0.227. The molecule has 4 nitrogen and oxygen atoms in total. The Morgan fingerprint density at radius 1 is 1.29 bits per heavy atom. The number of alkyl halides is 2. The lowest BCUT2D eigenvalue weighted by Crippen LogP contribution is -2.01. The molecule has 0 fully saturated rings. The number of rotatable bonds is 4. The van der Waals surface area contributed by atoms with E-state index in [2.05, 4.69) is 14.7 Å². The molecule has 0 atom stereocenters. The van der Waals surface area contributed by atoms with Crippen LogP contribution >= 0.6 is 11.8 Å². The van der Waals surface area contributed by atoms with Crippen LogP contribution in [0.3, 0.4) is 0 Å². The van der Waals surface area contributed by atoms with Gasteiger partial charge in [0.1, 0.15) is 0 Å². The first-order valence-corrected chi connectivity index (χ1v) is 7.17. The topological polar surface area (TPSA) is 52.1 Å². The van der Waals surface area contributed by atoms with E-state index >= 15 is 0 Å². The van der Waals surface area contributed by atoms with E-state index in [1.165, 1.54) is 31.0 Å². The monoisotopic (exact) mass is 310 g/mol. The maximum absolute atomic E-state index is 13.1. The number of benzene rings is 1. The number of methoxy groups -OCH3 is 1. The smallest absolute Gasteiger partial charge is 0.337 e. The molecular formula is C14H12F2N2O2S. The van der Waals surface area contributed by atoms with Gasteiger partial charge in [-0.2, -0.15) is 0 Å². The molecule has 0 aliphatic heterocycles. The van der Waals surface area contributed by atoms with Gasteiger partial charge in [0.05, 0.1) is 23.9 Å². The van der Waals surface area contributed by atoms with Gasteiger partial charge < -0.3 is 4.74 Å². The predicted octanol–water partition coefficient (Wildman–Crippen LogP) is 3.59. The fourth-order valence-electron chi connectivity index (χ4n) is 1.75. The lowest BCUT2D eigenvalue weighted by molar-refractivity contribution is 0.0600. The van der Waals surface area contributed by atoms with Crippen molar-refractivity contribution in [1.29, 1.82) is 0 Å². The molecule has 0 spiro atoms. The number of ether oxygens (including phenoxy) is 1. The van der Waals surface area contributed by atoms with Crippen LogP contribution in [0.2, 0.25) is 0 Å². The van der Waals surface area contributed by atoms with E-state index in [0.29, 0.717) is 16.3 Å². The summed E-state index contributed by atoms with van der Waals surface area (Å²) in [5.41, 5.74) is 0.772. The predicted molar refractivity (Wildman–Crippen MR) is 75.5 cm³/mol. The number of aromatic nitrogens is 2. The zero-order valence-electron chi connectivity index (χ0n) is 11.3. The lowest BCUT2D eigenvalue weighted by atomic mass is 10.1. The van der Waals surface area contributed by atoms with Crippen molar-refractivity contribution in [2.75, 3.05) is 13.4 Å². The summed E-state index contributed by atoms with van der Waals surface area (Å²) in [4.78, 5) is 19.4. The number of nitrogens with zero attached hydrogens (tertiary/aromatic N) is 2. The third-order valence-corrected chi connectivity index (χ3v) is 3.35. The SMILES string of the molecule is COC(=O)c1ccc(-c2nc(SC)ncc2C(F)F)cc1. The van der Waals surface area contributed by atoms with Gasteiger partial charge in [0, 0.05) is 11.8 Å². The van der Waals surface area contributed by atoms with Crippen LogP contribution < -0.4 is 0 Å². The summed E-state index contributed by atoms with van der Waals surface area (Å²) in [6.45, 7) is 0. The van der Waals surface area contributed by atoms with Crippen molar-refractivity contribution in [2.24, 2.45) is 0 Å². The number of carbonyl (C=O) groups excluding carboxylic acids is 1. The average molecular weight is 310 g/mol. The van der Waals surface area contributed by atoms with Crippen LogP contribution in [0.1, 0.15) is 22.3 Å². The Morgan fingerprint density at radius 2 is 1.95 bits per heavy atom. The molecule has 1 aromatic carbocycles. The van der Waals surface area contributed by atoms with Crippen LogP contribution in [0.5, 0.6) is 0 Å². The number of carbonyl (C=O) groups is 1. The standard InChI is InChI=1S/C14H12F2N2O2S/c1-20-13(19)9-5-3-8(4-6-9)11-10(12(15)16)7-17-14(18-11)21-2/h3-7,12H,1-2H3. The number of esters is 1. The maximum atomic E-state index is 13.1. The molecule has 2 aromatic rings. The number of halogens is 2. The molecule has 0 saturated heterocycles. The van der Waals surface area contributed by atoms with Gasteiger partial charge in [0.25, 0.3) is 6.43 Å². The molecule has 110 valence electrons. The Hall–Kier alpha value is -2.02. The number of hydrogen-bond donors (Lipinski definition) is 0. The van der Waals surface area contributed by atoms with Crippen molar-refractivity contribution < 1.29 is 18.3 Å². The highest BCUT2D eigenvalue weighted by Crippen LogP contribution is 2.30. The van der Waals surface area contributed by atoms with E-state index in [1.807, 2.05) is 0 Å². The second-order valence-electron chi connectivity index (χ2n) is 4.03. The maximum Gasteiger partial charge on any atom is 0.337 e. The van der Waals surface area contributed by atoms with Gasteiger partial charge in [-0.25, -0.2) is 23.5 Å². The second kappa shape index (κ2) is 6.62. The number of thioether (sulfide) groups is 1. The van der Waals surface area contributed by atoms with Crippen molar-refractivity contribution in [3.05, 3.63) is 41.6 Å². The van der Waals surface area contributed by atoms with E-state index in [4.69, 9.17) is 0 Å². The average Bonchev–Trinajstić information content (AvgIpc) is 2.53. The Kier molecular flexibility index (Phi) is 4.85. The minimum atomic E-state index is -2.67. The van der Waals surface area contributed by atoms with Crippen LogP contribution in [0.15, 0.2) is 35.6 Å². The zero-order chi connectivity index (χ0) is 15.4. The summed E-state index contributed by atoms with van der Waals surface area (Å²) in [5, 5.41) is 0.409. The van der Waals surface area contributed by atoms with Crippen LogP contribution in [0.25, 0.3) is 11.3 Å². The molecular weight excluding hydrogens is 298 g/mol. The molecule has 0 N–H and O–H groups in total. The molecule has 0 unspecified atom stereocenters. The first-order chi connectivity index (χ1) is 10.1. The molecule has 0 aliphatic carbocycles. The van der Waals surface area contributed by atoms with Crippen LogP contribution in [-0.2, 0) is 4.74 Å². The molecule has 1 aromatic heterocycles. The fraction of sp³-hybridized carbons (Fsp3) is 0.214. The van der Waals surface area contributed by atoms with E-state index in [1.54, 1.807) is 18.4 Å². The molecule has 0 aliphatic rings. The van der Waals surface area contributed by atoms with Crippen LogP contribution in [-0.4, -0.2) is 29.3 Å². The van der Waals surface area contributed by atoms with Gasteiger partial charge in [-0.3, -0.25) is 0 Å². The molecule has 0 bridgehead atoms. The summed E-state index contributed by atoms with van der Waals surface area (Å²) >= 11 is 1.27. The van der Waals surface area contributed by atoms with Gasteiger partial charge in [0.2, 0.25) is 0 Å². The van der Waals surface area contributed by atoms with Gasteiger partial charge in [-0.1, -0.05) is 23.9 Å². The van der Waals surface area contributed by atoms with Gasteiger partial charge in [-0.05, 0) is 18.4 Å².